The van der Waals surface area contributed by atoms with Gasteiger partial charge in [-0.3, -0.25) is 10.2 Å². The molecule has 0 unspecified atom stereocenters. The molecule has 146 valence electrons. The van der Waals surface area contributed by atoms with Crippen LogP contribution in [0.1, 0.15) is 18.1 Å². The van der Waals surface area contributed by atoms with Crippen LogP contribution in [0.25, 0.3) is 0 Å². The molecule has 0 radical (unpaired) electrons. The first kappa shape index (κ1) is 21.1. The molecule has 0 fully saturated rings. The van der Waals surface area contributed by atoms with Crippen molar-refractivity contribution in [3.8, 4) is 5.75 Å². The first-order valence-corrected chi connectivity index (χ1v) is 9.18. The van der Waals surface area contributed by atoms with Crippen molar-refractivity contribution in [2.75, 3.05) is 18.5 Å². The highest BCUT2D eigenvalue weighted by atomic mass is 32.1. The number of aryl methyl sites for hydroxylation is 1. The third kappa shape index (κ3) is 6.85. The maximum atomic E-state index is 12.0. The summed E-state index contributed by atoms with van der Waals surface area (Å²) in [4.78, 5) is 12.0. The molecule has 0 aliphatic carbocycles. The van der Waals surface area contributed by atoms with E-state index in [4.69, 9.17) is 17.0 Å². The Labute approximate surface area is 170 Å². The molecule has 2 aromatic carbocycles. The van der Waals surface area contributed by atoms with Gasteiger partial charge in [0.25, 0.3) is 5.91 Å². The molecule has 0 heterocycles. The molecular formula is C21H24N4O2S. The van der Waals surface area contributed by atoms with Gasteiger partial charge in [-0.1, -0.05) is 24.3 Å². The highest BCUT2D eigenvalue weighted by Crippen LogP contribution is 2.15. The summed E-state index contributed by atoms with van der Waals surface area (Å²) in [5.74, 6) is 0.397. The number of rotatable bonds is 8. The van der Waals surface area contributed by atoms with Gasteiger partial charge in [-0.05, 0) is 67.5 Å². The predicted molar refractivity (Wildman–Crippen MR) is 118 cm³/mol. The Hall–Kier alpha value is -3.19. The summed E-state index contributed by atoms with van der Waals surface area (Å²) < 4.78 is 5.55. The van der Waals surface area contributed by atoms with E-state index in [9.17, 15) is 4.79 Å². The van der Waals surface area contributed by atoms with Crippen LogP contribution < -0.4 is 20.8 Å². The van der Waals surface area contributed by atoms with Crippen molar-refractivity contribution in [3.05, 3.63) is 72.3 Å². The molecule has 2 aromatic rings. The number of benzene rings is 2. The second-order valence-electron chi connectivity index (χ2n) is 5.98. The van der Waals surface area contributed by atoms with Crippen molar-refractivity contribution in [1.82, 2.24) is 10.7 Å². The summed E-state index contributed by atoms with van der Waals surface area (Å²) >= 11 is 5.09. The summed E-state index contributed by atoms with van der Waals surface area (Å²) in [5, 5.41) is 10.4. The number of nitrogens with one attached hydrogen (secondary N) is 3. The third-order valence-electron chi connectivity index (χ3n) is 3.79. The number of para-hydroxylation sites is 1. The van der Waals surface area contributed by atoms with E-state index in [1.54, 1.807) is 18.2 Å². The summed E-state index contributed by atoms with van der Waals surface area (Å²) in [6, 6.07) is 14.9. The lowest BCUT2D eigenvalue weighted by molar-refractivity contribution is -0.118. The largest absolute Gasteiger partial charge is 0.484 e. The molecule has 7 heteroatoms. The van der Waals surface area contributed by atoms with Gasteiger partial charge in [0.15, 0.2) is 11.7 Å². The minimum atomic E-state index is -0.208. The number of ether oxygens (including phenoxy) is 1. The number of hydrogen-bond acceptors (Lipinski definition) is 4. The molecule has 0 aliphatic heterocycles. The van der Waals surface area contributed by atoms with Crippen LogP contribution in [0.15, 0.2) is 66.3 Å². The molecule has 0 bridgehead atoms. The summed E-state index contributed by atoms with van der Waals surface area (Å²) in [5.41, 5.74) is 6.24. The molecule has 0 aromatic heterocycles. The number of thiocarbonyl (C=S) groups is 1. The Bertz CT molecular complexity index is 863. The van der Waals surface area contributed by atoms with Crippen LogP contribution >= 0.6 is 12.2 Å². The van der Waals surface area contributed by atoms with Crippen molar-refractivity contribution >= 4 is 34.6 Å². The molecule has 0 saturated heterocycles. The van der Waals surface area contributed by atoms with Crippen LogP contribution in [0.5, 0.6) is 5.75 Å². The van der Waals surface area contributed by atoms with Crippen LogP contribution in [0.4, 0.5) is 5.69 Å². The molecule has 1 amide bonds. The number of carbonyl (C=O) groups is 1. The second kappa shape index (κ2) is 10.8. The summed E-state index contributed by atoms with van der Waals surface area (Å²) in [6.07, 6.45) is 1.71. The van der Waals surface area contributed by atoms with Gasteiger partial charge in [-0.25, -0.2) is 0 Å². The fourth-order valence-electron chi connectivity index (χ4n) is 2.24. The maximum absolute atomic E-state index is 12.0. The highest BCUT2D eigenvalue weighted by molar-refractivity contribution is 7.80. The monoisotopic (exact) mass is 396 g/mol. The molecule has 0 saturated carbocycles. The minimum absolute atomic E-state index is 0.0639. The van der Waals surface area contributed by atoms with Crippen molar-refractivity contribution in [2.24, 2.45) is 5.10 Å². The second-order valence-corrected chi connectivity index (χ2v) is 6.39. The zero-order valence-corrected chi connectivity index (χ0v) is 16.8. The molecule has 0 aliphatic rings. The smallest absolute Gasteiger partial charge is 0.262 e. The van der Waals surface area contributed by atoms with Crippen LogP contribution in [0.2, 0.25) is 0 Å². The van der Waals surface area contributed by atoms with E-state index in [1.807, 2.05) is 50.2 Å². The fraction of sp³-hybridized carbons (Fsp3) is 0.190. The molecule has 0 spiro atoms. The number of hydrogen-bond donors (Lipinski definition) is 3. The Morgan fingerprint density at radius 2 is 1.93 bits per heavy atom. The van der Waals surface area contributed by atoms with Gasteiger partial charge in [0, 0.05) is 12.2 Å². The Balaban J connectivity index is 1.85. The zero-order chi connectivity index (χ0) is 20.4. The van der Waals surface area contributed by atoms with Crippen LogP contribution in [-0.4, -0.2) is 29.9 Å². The van der Waals surface area contributed by atoms with Crippen LogP contribution in [0.3, 0.4) is 0 Å². The molecule has 2 rings (SSSR count). The van der Waals surface area contributed by atoms with Crippen molar-refractivity contribution in [1.29, 1.82) is 0 Å². The van der Waals surface area contributed by atoms with E-state index >= 15 is 0 Å². The lowest BCUT2D eigenvalue weighted by atomic mass is 10.1. The number of amides is 1. The average molecular weight is 397 g/mol. The van der Waals surface area contributed by atoms with Gasteiger partial charge in [-0.15, -0.1) is 6.58 Å². The van der Waals surface area contributed by atoms with Gasteiger partial charge in [0.05, 0.1) is 5.71 Å². The third-order valence-corrected chi connectivity index (χ3v) is 4.03. The standard InChI is InChI=1S/C21H24N4O2S/c1-4-13-22-21(28)25-24-16(3)17-9-11-18(12-10-17)27-14-20(26)23-19-8-6-5-7-15(19)2/h4-12H,1,13-14H2,2-3H3,(H,23,26)(H2,22,25,28)/b24-16-. The lowest BCUT2D eigenvalue weighted by Gasteiger charge is -2.10. The molecule has 6 nitrogen and oxygen atoms in total. The van der Waals surface area contributed by atoms with Crippen molar-refractivity contribution in [2.45, 2.75) is 13.8 Å². The number of carbonyl (C=O) groups excluding carboxylic acids is 1. The Kier molecular flexibility index (Phi) is 8.17. The normalized spacial score (nSPS) is 10.7. The zero-order valence-electron chi connectivity index (χ0n) is 16.0. The van der Waals surface area contributed by atoms with E-state index in [0.717, 1.165) is 22.5 Å². The van der Waals surface area contributed by atoms with E-state index in [-0.39, 0.29) is 12.5 Å². The topological polar surface area (TPSA) is 74.8 Å². The van der Waals surface area contributed by atoms with E-state index < -0.39 is 0 Å². The van der Waals surface area contributed by atoms with Gasteiger partial charge < -0.3 is 15.4 Å². The van der Waals surface area contributed by atoms with Crippen LogP contribution in [-0.2, 0) is 4.79 Å². The Morgan fingerprint density at radius 3 is 2.61 bits per heavy atom. The highest BCUT2D eigenvalue weighted by Gasteiger charge is 2.06. The molecule has 0 atom stereocenters. The predicted octanol–water partition coefficient (Wildman–Crippen LogP) is 3.39. The van der Waals surface area contributed by atoms with Gasteiger partial charge in [0.2, 0.25) is 0 Å². The summed E-state index contributed by atoms with van der Waals surface area (Å²) in [7, 11) is 0. The molecular weight excluding hydrogens is 372 g/mol. The first-order chi connectivity index (χ1) is 13.5. The number of anilines is 1. The fourth-order valence-corrected chi connectivity index (χ4v) is 2.37. The Morgan fingerprint density at radius 1 is 1.21 bits per heavy atom. The van der Waals surface area contributed by atoms with Crippen LogP contribution in [0, 0.1) is 6.92 Å². The lowest BCUT2D eigenvalue weighted by Crippen LogP contribution is -2.32. The minimum Gasteiger partial charge on any atom is -0.484 e. The van der Waals surface area contributed by atoms with Gasteiger partial charge in [-0.2, -0.15) is 5.10 Å². The molecule has 28 heavy (non-hydrogen) atoms. The quantitative estimate of drug-likeness (QED) is 0.276. The van der Waals surface area contributed by atoms with E-state index in [1.165, 1.54) is 0 Å². The molecule has 3 N–H and O–H groups in total. The maximum Gasteiger partial charge on any atom is 0.262 e. The SMILES string of the molecule is C=CCNC(=S)N/N=C(/C)c1ccc(OCC(=O)Nc2ccccc2C)cc1. The van der Waals surface area contributed by atoms with Crippen molar-refractivity contribution in [3.63, 3.8) is 0 Å². The first-order valence-electron chi connectivity index (χ1n) is 8.77. The van der Waals surface area contributed by atoms with Crippen molar-refractivity contribution < 1.29 is 9.53 Å². The van der Waals surface area contributed by atoms with Gasteiger partial charge in [0.1, 0.15) is 5.75 Å². The average Bonchev–Trinajstić information content (AvgIpc) is 2.71. The van der Waals surface area contributed by atoms with Gasteiger partial charge >= 0.3 is 0 Å². The van der Waals surface area contributed by atoms with E-state index in [0.29, 0.717) is 17.4 Å². The number of hydrazone groups is 1. The number of nitrogens with zero attached hydrogens (tertiary/aromatic N) is 1. The summed E-state index contributed by atoms with van der Waals surface area (Å²) in [6.45, 7) is 7.93. The van der Waals surface area contributed by atoms with E-state index in [2.05, 4.69) is 27.7 Å².